The van der Waals surface area contributed by atoms with Crippen molar-refractivity contribution in [1.29, 1.82) is 0 Å². The van der Waals surface area contributed by atoms with E-state index in [1.54, 1.807) is 48.5 Å². The minimum Gasteiger partial charge on any atom is -0.287 e. The summed E-state index contributed by atoms with van der Waals surface area (Å²) < 4.78 is 0. The molecule has 0 fully saturated rings. The fourth-order valence-electron chi connectivity index (χ4n) is 1.60. The number of rotatable bonds is 5. The van der Waals surface area contributed by atoms with E-state index in [1.807, 2.05) is 0 Å². The van der Waals surface area contributed by atoms with Crippen LogP contribution in [0, 0.1) is 0 Å². The maximum Gasteiger partial charge on any atom is 0.270 e. The molecule has 0 heterocycles. The molecule has 2 aromatic rings. The van der Waals surface area contributed by atoms with Crippen LogP contribution in [0.3, 0.4) is 0 Å². The van der Waals surface area contributed by atoms with E-state index in [-0.39, 0.29) is 11.7 Å². The zero-order valence-electron chi connectivity index (χ0n) is 11.3. The minimum atomic E-state index is 0.271. The van der Waals surface area contributed by atoms with Gasteiger partial charge < -0.3 is 0 Å². The highest BCUT2D eigenvalue weighted by Gasteiger charge is 2.01. The van der Waals surface area contributed by atoms with Crippen LogP contribution in [0.4, 0.5) is 11.4 Å². The summed E-state index contributed by atoms with van der Waals surface area (Å²) in [5.74, 6) is 0.548. The van der Waals surface area contributed by atoms with Crippen LogP contribution < -0.4 is 27.7 Å². The number of nitrogens with zero attached hydrogens (tertiary/aromatic N) is 2. The molecular weight excluding hydrogens is 266 g/mol. The van der Waals surface area contributed by atoms with Crippen LogP contribution in [-0.2, 0) is 0 Å². The van der Waals surface area contributed by atoms with Crippen molar-refractivity contribution < 1.29 is 10.8 Å². The first kappa shape index (κ1) is 14.2. The van der Waals surface area contributed by atoms with Gasteiger partial charge in [0.15, 0.2) is 0 Å². The van der Waals surface area contributed by atoms with Crippen LogP contribution in [0.25, 0.3) is 0 Å². The summed E-state index contributed by atoms with van der Waals surface area (Å²) in [6.07, 6.45) is 0. The van der Waals surface area contributed by atoms with Crippen LogP contribution in [0.15, 0.2) is 58.9 Å². The molecule has 0 amide bonds. The smallest absolute Gasteiger partial charge is 0.270 e. The Labute approximate surface area is 121 Å². The molecule has 0 saturated carbocycles. The van der Waals surface area contributed by atoms with Crippen molar-refractivity contribution in [3.05, 3.63) is 59.7 Å². The molecule has 7 heteroatoms. The van der Waals surface area contributed by atoms with Gasteiger partial charge >= 0.3 is 0 Å². The summed E-state index contributed by atoms with van der Waals surface area (Å²) in [7, 11) is 0. The van der Waals surface area contributed by atoms with Gasteiger partial charge in [-0.1, -0.05) is 5.22 Å². The Morgan fingerprint density at radius 1 is 0.810 bits per heavy atom. The maximum absolute atomic E-state index is 5.49. The van der Waals surface area contributed by atoms with E-state index in [2.05, 4.69) is 15.8 Å². The lowest BCUT2D eigenvalue weighted by Crippen LogP contribution is -2.46. The second-order valence-electron chi connectivity index (χ2n) is 4.35. The third-order valence-corrected chi connectivity index (χ3v) is 2.76. The van der Waals surface area contributed by atoms with Gasteiger partial charge in [-0.3, -0.25) is 27.7 Å². The number of hydrogen-bond acceptors (Lipinski definition) is 2. The van der Waals surface area contributed by atoms with E-state index < -0.39 is 0 Å². The predicted molar refractivity (Wildman–Crippen MR) is 81.5 cm³/mol. The molecule has 9 N–H and O–H groups in total. The van der Waals surface area contributed by atoms with Gasteiger partial charge in [-0.2, -0.15) is 0 Å². The molecule has 0 aliphatic heterocycles. The molecule has 0 aliphatic rings. The molecule has 0 aromatic heterocycles. The molecule has 7 nitrogen and oxygen atoms in total. The Bertz CT molecular complexity index is 671. The second kappa shape index (κ2) is 6.29. The highest BCUT2D eigenvalue weighted by Crippen LogP contribution is 2.14. The average molecular weight is 283 g/mol. The van der Waals surface area contributed by atoms with E-state index in [9.17, 15) is 0 Å². The number of nitrogens with two attached hydrogens (primary N) is 4. The number of nitrogens with one attached hydrogen (secondary N) is 1. The zero-order valence-corrected chi connectivity index (χ0v) is 11.3. The van der Waals surface area contributed by atoms with Crippen molar-refractivity contribution in [1.82, 2.24) is 0 Å². The van der Waals surface area contributed by atoms with E-state index >= 15 is 0 Å². The zero-order chi connectivity index (χ0) is 15.2. The first-order valence-corrected chi connectivity index (χ1v) is 6.19. The summed E-state index contributed by atoms with van der Waals surface area (Å²) in [6, 6.07) is 14.3. The second-order valence-corrected chi connectivity index (χ2v) is 4.35. The van der Waals surface area contributed by atoms with Crippen LogP contribution in [-0.4, -0.2) is 11.7 Å². The normalized spacial score (nSPS) is 10.5. The van der Waals surface area contributed by atoms with Gasteiger partial charge in [0, 0.05) is 0 Å². The molecule has 0 unspecified atom stereocenters. The number of amidine groups is 2. The fourth-order valence-corrected chi connectivity index (χ4v) is 1.60. The van der Waals surface area contributed by atoms with Crippen molar-refractivity contribution in [3.63, 3.8) is 0 Å². The van der Waals surface area contributed by atoms with Crippen LogP contribution >= 0.6 is 0 Å². The van der Waals surface area contributed by atoms with Crippen molar-refractivity contribution in [2.75, 3.05) is 5.43 Å². The standard InChI is InChI=1S/C14H15N7/c15-13(16)9-1-5-11(6-2-9)19-21-20-12-7-3-10(4-8-12)14(17)18/h1-8H,(H3,15,16)(H3,17,18)(H,19,20)/p+2. The highest BCUT2D eigenvalue weighted by molar-refractivity contribution is 5.93. The predicted octanol–water partition coefficient (Wildman–Crippen LogP) is -1.27. The van der Waals surface area contributed by atoms with Crippen LogP contribution in [0.2, 0.25) is 0 Å². The first-order valence-electron chi connectivity index (χ1n) is 6.19. The van der Waals surface area contributed by atoms with Gasteiger partial charge in [-0.25, -0.2) is 0 Å². The number of benzene rings is 2. The van der Waals surface area contributed by atoms with Crippen LogP contribution in [0.1, 0.15) is 11.1 Å². The number of hydrogen-bond donors (Lipinski definition) is 5. The monoisotopic (exact) mass is 283 g/mol. The molecule has 2 rings (SSSR count). The Morgan fingerprint density at radius 3 is 1.76 bits per heavy atom. The largest absolute Gasteiger partial charge is 0.287 e. The lowest BCUT2D eigenvalue weighted by Gasteiger charge is -1.99. The SMILES string of the molecule is NC(=[NH2+])c1ccc(N=NNc2ccc(C(N)=[NH2+])cc2)cc1. The molecule has 2 aromatic carbocycles. The molecule has 0 aliphatic carbocycles. The van der Waals surface area contributed by atoms with Gasteiger partial charge in [0.25, 0.3) is 11.7 Å². The van der Waals surface area contributed by atoms with Crippen LogP contribution in [0.5, 0.6) is 0 Å². The summed E-state index contributed by atoms with van der Waals surface area (Å²) in [5.41, 5.74) is 16.8. The van der Waals surface area contributed by atoms with E-state index in [1.165, 1.54) is 0 Å². The highest BCUT2D eigenvalue weighted by atomic mass is 15.4. The Hall–Kier alpha value is -3.22. The molecule has 21 heavy (non-hydrogen) atoms. The Kier molecular flexibility index (Phi) is 4.25. The van der Waals surface area contributed by atoms with E-state index in [0.717, 1.165) is 16.8 Å². The van der Waals surface area contributed by atoms with Crippen molar-refractivity contribution in [2.24, 2.45) is 21.8 Å². The molecule has 106 valence electrons. The third-order valence-electron chi connectivity index (χ3n) is 2.76. The van der Waals surface area contributed by atoms with Gasteiger partial charge in [0.2, 0.25) is 0 Å². The lowest BCUT2D eigenvalue weighted by molar-refractivity contribution is -0.115. The Morgan fingerprint density at radius 2 is 1.29 bits per heavy atom. The van der Waals surface area contributed by atoms with Gasteiger partial charge in [0.05, 0.1) is 22.5 Å². The summed E-state index contributed by atoms with van der Waals surface area (Å²) >= 11 is 0. The molecule has 0 saturated heterocycles. The molecule has 0 atom stereocenters. The van der Waals surface area contributed by atoms with E-state index in [4.69, 9.17) is 22.3 Å². The lowest BCUT2D eigenvalue weighted by atomic mass is 10.2. The van der Waals surface area contributed by atoms with Gasteiger partial charge in [-0.05, 0) is 48.5 Å². The molecule has 0 spiro atoms. The fraction of sp³-hybridized carbons (Fsp3) is 0. The minimum absolute atomic E-state index is 0.271. The van der Waals surface area contributed by atoms with Gasteiger partial charge in [-0.15, -0.1) is 5.11 Å². The average Bonchev–Trinajstić information content (AvgIpc) is 2.48. The summed E-state index contributed by atoms with van der Waals surface area (Å²) in [4.78, 5) is 0. The van der Waals surface area contributed by atoms with Crippen molar-refractivity contribution >= 4 is 23.0 Å². The molecular formula is C14H17N7+2. The van der Waals surface area contributed by atoms with Gasteiger partial charge in [0.1, 0.15) is 0 Å². The topological polar surface area (TPSA) is 140 Å². The van der Waals surface area contributed by atoms with E-state index in [0.29, 0.717) is 5.69 Å². The third kappa shape index (κ3) is 3.87. The van der Waals surface area contributed by atoms with Crippen molar-refractivity contribution in [2.45, 2.75) is 0 Å². The molecule has 0 radical (unpaired) electrons. The summed E-state index contributed by atoms with van der Waals surface area (Å²) in [5, 5.41) is 18.9. The number of anilines is 1. The molecule has 0 bridgehead atoms. The maximum atomic E-state index is 5.49. The first-order chi connectivity index (χ1) is 10.1. The summed E-state index contributed by atoms with van der Waals surface area (Å²) in [6.45, 7) is 0. The Balaban J connectivity index is 1.98. The quantitative estimate of drug-likeness (QED) is 0.202. The van der Waals surface area contributed by atoms with Crippen molar-refractivity contribution in [3.8, 4) is 0 Å².